The number of nitrogens with zero attached hydrogens (tertiary/aromatic N) is 1. The van der Waals surface area contributed by atoms with Crippen LogP contribution >= 0.6 is 0 Å². The molecule has 0 spiro atoms. The van der Waals surface area contributed by atoms with Crippen LogP contribution in [-0.4, -0.2) is 0 Å². The first-order valence-corrected chi connectivity index (χ1v) is 19.1. The Morgan fingerprint density at radius 1 is 0.250 bits per heavy atom. The molecule has 2 nitrogen and oxygen atoms in total. The van der Waals surface area contributed by atoms with Crippen molar-refractivity contribution >= 4 is 39.0 Å². The predicted octanol–water partition coefficient (Wildman–Crippen LogP) is 15.4. The van der Waals surface area contributed by atoms with E-state index in [1.807, 2.05) is 6.07 Å². The summed E-state index contributed by atoms with van der Waals surface area (Å²) in [5.41, 5.74) is 16.5. The van der Waals surface area contributed by atoms with Gasteiger partial charge in [-0.15, -0.1) is 0 Å². The monoisotopic (exact) mass is 715 g/mol. The zero-order valence-electron chi connectivity index (χ0n) is 30.7. The number of hydrogen-bond acceptors (Lipinski definition) is 2. The van der Waals surface area contributed by atoms with Crippen LogP contribution < -0.4 is 4.90 Å². The van der Waals surface area contributed by atoms with Crippen LogP contribution in [-0.2, 0) is 0 Å². The number of furan rings is 1. The molecule has 0 bridgehead atoms. The molecule has 0 fully saturated rings. The third-order valence-corrected chi connectivity index (χ3v) is 10.7. The SMILES string of the molecule is c1ccc(-c2ccccc2-c2ccccc2-c2ccccc2N(c2ccccc2-c2ccccc2)c2ccccc2-c2cccc3c2oc2ccccc23)cc1. The van der Waals surface area contributed by atoms with E-state index in [9.17, 15) is 0 Å². The smallest absolute Gasteiger partial charge is 0.143 e. The molecular formula is C54H37NO. The Kier molecular flexibility index (Phi) is 8.55. The van der Waals surface area contributed by atoms with E-state index in [0.29, 0.717) is 0 Å². The highest BCUT2D eigenvalue weighted by molar-refractivity contribution is 6.11. The maximum atomic E-state index is 6.66. The molecule has 264 valence electrons. The van der Waals surface area contributed by atoms with Gasteiger partial charge in [0.25, 0.3) is 0 Å². The molecular weight excluding hydrogens is 679 g/mol. The van der Waals surface area contributed by atoms with Crippen molar-refractivity contribution in [2.45, 2.75) is 0 Å². The van der Waals surface area contributed by atoms with Gasteiger partial charge in [0.05, 0.1) is 17.1 Å². The van der Waals surface area contributed by atoms with Crippen molar-refractivity contribution in [3.63, 3.8) is 0 Å². The molecule has 0 aliphatic rings. The van der Waals surface area contributed by atoms with Gasteiger partial charge in [0.2, 0.25) is 0 Å². The van der Waals surface area contributed by atoms with Crippen molar-refractivity contribution in [2.24, 2.45) is 0 Å². The van der Waals surface area contributed by atoms with Gasteiger partial charge in [-0.3, -0.25) is 0 Å². The van der Waals surface area contributed by atoms with E-state index in [1.165, 1.54) is 22.3 Å². The fraction of sp³-hybridized carbons (Fsp3) is 0. The molecule has 0 saturated carbocycles. The van der Waals surface area contributed by atoms with Crippen LogP contribution in [0.5, 0.6) is 0 Å². The van der Waals surface area contributed by atoms with Crippen molar-refractivity contribution in [1.29, 1.82) is 0 Å². The molecule has 1 heterocycles. The topological polar surface area (TPSA) is 16.4 Å². The molecule has 10 aromatic rings. The van der Waals surface area contributed by atoms with Crippen LogP contribution in [0.2, 0.25) is 0 Å². The zero-order valence-corrected chi connectivity index (χ0v) is 30.7. The van der Waals surface area contributed by atoms with E-state index in [-0.39, 0.29) is 0 Å². The van der Waals surface area contributed by atoms with Crippen LogP contribution in [0.4, 0.5) is 17.1 Å². The van der Waals surface area contributed by atoms with Crippen molar-refractivity contribution < 1.29 is 4.42 Å². The maximum absolute atomic E-state index is 6.66. The second-order valence-electron chi connectivity index (χ2n) is 14.0. The second kappa shape index (κ2) is 14.4. The van der Waals surface area contributed by atoms with Crippen LogP contribution in [0.3, 0.4) is 0 Å². The van der Waals surface area contributed by atoms with Crippen molar-refractivity contribution in [3.05, 3.63) is 224 Å². The average molecular weight is 716 g/mol. The molecule has 0 aliphatic carbocycles. The zero-order chi connectivity index (χ0) is 37.3. The fourth-order valence-corrected chi connectivity index (χ4v) is 8.21. The number of fused-ring (bicyclic) bond motifs is 3. The average Bonchev–Trinajstić information content (AvgIpc) is 3.67. The van der Waals surface area contributed by atoms with E-state index >= 15 is 0 Å². The van der Waals surface area contributed by atoms with E-state index in [0.717, 1.165) is 72.4 Å². The third kappa shape index (κ3) is 5.85. The summed E-state index contributed by atoms with van der Waals surface area (Å²) in [6, 6.07) is 80.0. The fourth-order valence-electron chi connectivity index (χ4n) is 8.21. The Morgan fingerprint density at radius 3 is 1.25 bits per heavy atom. The molecule has 9 aromatic carbocycles. The summed E-state index contributed by atoms with van der Waals surface area (Å²) in [7, 11) is 0. The number of benzene rings is 9. The van der Waals surface area contributed by atoms with Gasteiger partial charge < -0.3 is 9.32 Å². The minimum absolute atomic E-state index is 0.883. The number of anilines is 3. The van der Waals surface area contributed by atoms with Gasteiger partial charge in [-0.1, -0.05) is 200 Å². The largest absolute Gasteiger partial charge is 0.455 e. The predicted molar refractivity (Wildman–Crippen MR) is 236 cm³/mol. The molecule has 0 radical (unpaired) electrons. The maximum Gasteiger partial charge on any atom is 0.143 e. The highest BCUT2D eigenvalue weighted by Gasteiger charge is 2.25. The molecule has 56 heavy (non-hydrogen) atoms. The van der Waals surface area contributed by atoms with Crippen molar-refractivity contribution in [1.82, 2.24) is 0 Å². The Hall–Kier alpha value is -7.42. The first kappa shape index (κ1) is 33.2. The lowest BCUT2D eigenvalue weighted by Gasteiger charge is -2.32. The summed E-state index contributed by atoms with van der Waals surface area (Å²) in [6.07, 6.45) is 0. The van der Waals surface area contributed by atoms with E-state index in [1.54, 1.807) is 0 Å². The summed E-state index contributed by atoms with van der Waals surface area (Å²) < 4.78 is 6.66. The third-order valence-electron chi connectivity index (χ3n) is 10.7. The van der Waals surface area contributed by atoms with E-state index < -0.39 is 0 Å². The van der Waals surface area contributed by atoms with Crippen LogP contribution in [0.15, 0.2) is 229 Å². The summed E-state index contributed by atoms with van der Waals surface area (Å²) in [5, 5.41) is 2.22. The lowest BCUT2D eigenvalue weighted by Crippen LogP contribution is -2.13. The van der Waals surface area contributed by atoms with Gasteiger partial charge in [0, 0.05) is 33.0 Å². The van der Waals surface area contributed by atoms with Gasteiger partial charge in [0.15, 0.2) is 0 Å². The Labute approximate surface area is 327 Å². The van der Waals surface area contributed by atoms with E-state index in [2.05, 4.69) is 223 Å². The highest BCUT2D eigenvalue weighted by Crippen LogP contribution is 2.50. The van der Waals surface area contributed by atoms with Crippen LogP contribution in [0.1, 0.15) is 0 Å². The number of rotatable bonds is 8. The normalized spacial score (nSPS) is 11.2. The minimum atomic E-state index is 0.883. The lowest BCUT2D eigenvalue weighted by atomic mass is 9.88. The molecule has 2 heteroatoms. The second-order valence-corrected chi connectivity index (χ2v) is 14.0. The molecule has 0 saturated heterocycles. The van der Waals surface area contributed by atoms with E-state index in [4.69, 9.17) is 4.42 Å². The van der Waals surface area contributed by atoms with Crippen LogP contribution in [0.25, 0.3) is 77.6 Å². The molecule has 10 rings (SSSR count). The number of hydrogen-bond donors (Lipinski definition) is 0. The Bertz CT molecular complexity index is 2980. The molecule has 0 unspecified atom stereocenters. The Balaban J connectivity index is 1.25. The molecule has 1 aromatic heterocycles. The van der Waals surface area contributed by atoms with Crippen molar-refractivity contribution in [2.75, 3.05) is 4.90 Å². The lowest BCUT2D eigenvalue weighted by molar-refractivity contribution is 0.670. The van der Waals surface area contributed by atoms with Crippen molar-refractivity contribution in [3.8, 4) is 55.6 Å². The summed E-state index contributed by atoms with van der Waals surface area (Å²) in [4.78, 5) is 2.45. The summed E-state index contributed by atoms with van der Waals surface area (Å²) in [5.74, 6) is 0. The molecule has 0 amide bonds. The van der Waals surface area contributed by atoms with Gasteiger partial charge in [-0.05, 0) is 57.6 Å². The van der Waals surface area contributed by atoms with Gasteiger partial charge in [-0.2, -0.15) is 0 Å². The minimum Gasteiger partial charge on any atom is -0.455 e. The summed E-state index contributed by atoms with van der Waals surface area (Å²) >= 11 is 0. The summed E-state index contributed by atoms with van der Waals surface area (Å²) in [6.45, 7) is 0. The standard InChI is InChI=1S/C54H37NO/c1-3-20-38(21-4-1)40-24-7-8-26-42(40)43-27-9-10-28-44(43)45-29-12-16-35-51(45)55(50-34-15-11-25-41(50)39-22-5-2-6-23-39)52-36-17-13-30-46(52)48-32-19-33-49-47-31-14-18-37-53(47)56-54(48)49/h1-37H. The molecule has 0 atom stereocenters. The van der Waals surface area contributed by atoms with Gasteiger partial charge in [-0.25, -0.2) is 0 Å². The quantitative estimate of drug-likeness (QED) is 0.156. The first-order valence-electron chi connectivity index (χ1n) is 19.1. The molecule has 0 aliphatic heterocycles. The van der Waals surface area contributed by atoms with Crippen LogP contribution in [0, 0.1) is 0 Å². The van der Waals surface area contributed by atoms with Gasteiger partial charge >= 0.3 is 0 Å². The van der Waals surface area contributed by atoms with Gasteiger partial charge in [0.1, 0.15) is 11.2 Å². The first-order chi connectivity index (χ1) is 27.8. The Morgan fingerprint density at radius 2 is 0.625 bits per heavy atom. The number of para-hydroxylation sites is 5. The highest BCUT2D eigenvalue weighted by atomic mass is 16.3. The molecule has 0 N–H and O–H groups in total.